The molecule has 0 aromatic heterocycles. The van der Waals surface area contributed by atoms with Gasteiger partial charge in [0, 0.05) is 0 Å². The van der Waals surface area contributed by atoms with Crippen molar-refractivity contribution >= 4 is 28.8 Å². The van der Waals surface area contributed by atoms with E-state index < -0.39 is 8.07 Å². The van der Waals surface area contributed by atoms with Crippen LogP contribution in [0.5, 0.6) is 0 Å². The van der Waals surface area contributed by atoms with E-state index in [0.29, 0.717) is 21.4 Å². The summed E-state index contributed by atoms with van der Waals surface area (Å²) >= 11 is 0.455. The molecule has 1 aromatic carbocycles. The van der Waals surface area contributed by atoms with Crippen molar-refractivity contribution in [2.45, 2.75) is 31.9 Å². The molecular formula is C14H20OSeSi. The molecule has 0 saturated carbocycles. The maximum absolute atomic E-state index is 12.0. The molecule has 1 aromatic rings. The van der Waals surface area contributed by atoms with Crippen LogP contribution in [0.25, 0.3) is 0 Å². The van der Waals surface area contributed by atoms with Gasteiger partial charge in [-0.25, -0.2) is 0 Å². The molecule has 0 N–H and O–H groups in total. The first kappa shape index (κ1) is 14.4. The third-order valence-corrected chi connectivity index (χ3v) is 10.2. The number of benzene rings is 1. The molecule has 0 aliphatic carbocycles. The Balaban J connectivity index is 2.75. The molecule has 0 aliphatic heterocycles. The van der Waals surface area contributed by atoms with E-state index in [-0.39, 0.29) is 5.78 Å². The monoisotopic (exact) mass is 312 g/mol. The van der Waals surface area contributed by atoms with Crippen molar-refractivity contribution < 1.29 is 4.79 Å². The van der Waals surface area contributed by atoms with E-state index in [2.05, 4.69) is 25.5 Å². The third kappa shape index (κ3) is 5.03. The Morgan fingerprint density at radius 2 is 1.82 bits per heavy atom. The Bertz CT molecular complexity index is 404. The summed E-state index contributed by atoms with van der Waals surface area (Å²) in [6, 6.07) is 9.96. The van der Waals surface area contributed by atoms with Crippen LogP contribution in [-0.2, 0) is 11.2 Å². The van der Waals surface area contributed by atoms with Crippen molar-refractivity contribution in [2.75, 3.05) is 0 Å². The number of allylic oxidation sites excluding steroid dienone is 1. The molecule has 0 aliphatic rings. The Morgan fingerprint density at radius 1 is 1.24 bits per heavy atom. The Morgan fingerprint density at radius 3 is 2.29 bits per heavy atom. The first-order chi connectivity index (χ1) is 7.93. The SMILES string of the molecule is C[Se]/C(=C\C(=O)Cc1ccccc1)[Si](C)(C)C. The minimum absolute atomic E-state index is 0.248. The molecule has 3 heteroatoms. The van der Waals surface area contributed by atoms with Crippen LogP contribution >= 0.6 is 0 Å². The van der Waals surface area contributed by atoms with Gasteiger partial charge in [-0.3, -0.25) is 0 Å². The molecule has 0 radical (unpaired) electrons. The number of carbonyl (C=O) groups is 1. The average Bonchev–Trinajstić information content (AvgIpc) is 2.25. The van der Waals surface area contributed by atoms with Gasteiger partial charge in [0.1, 0.15) is 0 Å². The van der Waals surface area contributed by atoms with Crippen molar-refractivity contribution in [3.63, 3.8) is 0 Å². The van der Waals surface area contributed by atoms with E-state index in [1.54, 1.807) is 0 Å². The van der Waals surface area contributed by atoms with Gasteiger partial charge in [-0.05, 0) is 0 Å². The van der Waals surface area contributed by atoms with Gasteiger partial charge in [0.15, 0.2) is 0 Å². The zero-order valence-electron chi connectivity index (χ0n) is 11.0. The summed E-state index contributed by atoms with van der Waals surface area (Å²) in [7, 11) is -1.30. The van der Waals surface area contributed by atoms with Gasteiger partial charge in [0.2, 0.25) is 0 Å². The summed E-state index contributed by atoms with van der Waals surface area (Å²) < 4.78 is 1.42. The Kier molecular flexibility index (Phi) is 5.38. The summed E-state index contributed by atoms with van der Waals surface area (Å²) in [5, 5.41) is 0. The van der Waals surface area contributed by atoms with Crippen molar-refractivity contribution in [3.05, 3.63) is 46.1 Å². The molecule has 1 rings (SSSR count). The van der Waals surface area contributed by atoms with Gasteiger partial charge in [0.05, 0.1) is 0 Å². The van der Waals surface area contributed by atoms with E-state index in [4.69, 9.17) is 0 Å². The van der Waals surface area contributed by atoms with Crippen molar-refractivity contribution in [1.29, 1.82) is 0 Å². The molecule has 0 unspecified atom stereocenters. The van der Waals surface area contributed by atoms with E-state index in [1.165, 1.54) is 4.09 Å². The van der Waals surface area contributed by atoms with Crippen LogP contribution in [-0.4, -0.2) is 28.8 Å². The second kappa shape index (κ2) is 6.34. The van der Waals surface area contributed by atoms with Crippen molar-refractivity contribution in [1.82, 2.24) is 0 Å². The fourth-order valence-electron chi connectivity index (χ4n) is 1.58. The molecular weight excluding hydrogens is 291 g/mol. The quantitative estimate of drug-likeness (QED) is 0.602. The minimum atomic E-state index is -1.30. The van der Waals surface area contributed by atoms with Gasteiger partial charge in [0.25, 0.3) is 0 Å². The molecule has 1 nitrogen and oxygen atoms in total. The second-order valence-electron chi connectivity index (χ2n) is 5.09. The van der Waals surface area contributed by atoms with Crippen LogP contribution in [0.3, 0.4) is 0 Å². The van der Waals surface area contributed by atoms with Gasteiger partial charge in [-0.1, -0.05) is 0 Å². The average molecular weight is 311 g/mol. The maximum atomic E-state index is 12.0. The predicted octanol–water partition coefficient (Wildman–Crippen LogP) is 3.31. The number of ketones is 1. The Hall–Kier alpha value is -0.634. The number of hydrogen-bond acceptors (Lipinski definition) is 1. The molecule has 0 saturated heterocycles. The van der Waals surface area contributed by atoms with Crippen LogP contribution in [0, 0.1) is 0 Å². The molecule has 17 heavy (non-hydrogen) atoms. The van der Waals surface area contributed by atoms with E-state index in [1.807, 2.05) is 36.4 Å². The normalized spacial score (nSPS) is 12.6. The van der Waals surface area contributed by atoms with Crippen LogP contribution < -0.4 is 0 Å². The van der Waals surface area contributed by atoms with Crippen LogP contribution in [0.15, 0.2) is 40.5 Å². The van der Waals surface area contributed by atoms with Crippen molar-refractivity contribution in [3.8, 4) is 0 Å². The van der Waals surface area contributed by atoms with Gasteiger partial charge < -0.3 is 0 Å². The molecule has 0 bridgehead atoms. The van der Waals surface area contributed by atoms with Gasteiger partial charge in [-0.15, -0.1) is 0 Å². The van der Waals surface area contributed by atoms with E-state index in [0.717, 1.165) is 5.56 Å². The number of carbonyl (C=O) groups excluding carboxylic acids is 1. The standard InChI is InChI=1S/C14H20OSeSi/c1-16-14(17(2,3)4)11-13(15)10-12-8-6-5-7-9-12/h5-9,11H,10H2,1-4H3/b14-11+. The Labute approximate surface area is 111 Å². The fourth-order valence-corrected chi connectivity index (χ4v) is 7.16. The molecule has 92 valence electrons. The first-order valence-electron chi connectivity index (χ1n) is 5.76. The summed E-state index contributed by atoms with van der Waals surface area (Å²) in [5.41, 5.74) is 1.10. The van der Waals surface area contributed by atoms with Crippen LogP contribution in [0.4, 0.5) is 0 Å². The zero-order valence-corrected chi connectivity index (χ0v) is 13.7. The predicted molar refractivity (Wildman–Crippen MR) is 78.2 cm³/mol. The number of rotatable bonds is 5. The molecule has 0 spiro atoms. The van der Waals surface area contributed by atoms with E-state index >= 15 is 0 Å². The van der Waals surface area contributed by atoms with Gasteiger partial charge >= 0.3 is 112 Å². The fraction of sp³-hybridized carbons (Fsp3) is 0.357. The molecule has 0 atom stereocenters. The topological polar surface area (TPSA) is 17.1 Å². The summed E-state index contributed by atoms with van der Waals surface area (Å²) in [5.74, 6) is 2.45. The summed E-state index contributed by atoms with van der Waals surface area (Å²) in [4.78, 5) is 12.0. The molecule has 0 heterocycles. The molecule has 0 fully saturated rings. The zero-order chi connectivity index (χ0) is 12.9. The van der Waals surface area contributed by atoms with Crippen LogP contribution in [0.2, 0.25) is 25.5 Å². The first-order valence-corrected chi connectivity index (χ1v) is 11.8. The van der Waals surface area contributed by atoms with Gasteiger partial charge in [-0.2, -0.15) is 0 Å². The summed E-state index contributed by atoms with van der Waals surface area (Å²) in [6.45, 7) is 6.92. The molecule has 0 amide bonds. The number of hydrogen-bond donors (Lipinski definition) is 0. The third-order valence-electron chi connectivity index (χ3n) is 2.47. The van der Waals surface area contributed by atoms with E-state index in [9.17, 15) is 4.79 Å². The van der Waals surface area contributed by atoms with Crippen LogP contribution in [0.1, 0.15) is 5.56 Å². The van der Waals surface area contributed by atoms with Crippen molar-refractivity contribution in [2.24, 2.45) is 0 Å². The second-order valence-corrected chi connectivity index (χ2v) is 12.7. The summed E-state index contributed by atoms with van der Waals surface area (Å²) in [6.07, 6.45) is 2.45.